The topological polar surface area (TPSA) is 136 Å². The predicted octanol–water partition coefficient (Wildman–Crippen LogP) is 2.49. The van der Waals surface area contributed by atoms with Crippen molar-refractivity contribution < 1.29 is 9.90 Å². The Kier molecular flexibility index (Phi) is 5.45. The Morgan fingerprint density at radius 2 is 2.12 bits per heavy atom. The molecular formula is C20H23N9O2S. The predicted molar refractivity (Wildman–Crippen MR) is 121 cm³/mol. The molecule has 4 aromatic rings. The van der Waals surface area contributed by atoms with Gasteiger partial charge in [-0.2, -0.15) is 10.1 Å². The van der Waals surface area contributed by atoms with E-state index < -0.39 is 5.60 Å². The van der Waals surface area contributed by atoms with Crippen LogP contribution < -0.4 is 15.5 Å². The van der Waals surface area contributed by atoms with Crippen molar-refractivity contribution in [2.24, 2.45) is 0 Å². The number of aromatic amines is 1. The van der Waals surface area contributed by atoms with Gasteiger partial charge in [0.05, 0.1) is 5.69 Å². The lowest BCUT2D eigenvalue weighted by Crippen LogP contribution is -2.22. The summed E-state index contributed by atoms with van der Waals surface area (Å²) in [6, 6.07) is 5.77. The van der Waals surface area contributed by atoms with E-state index in [1.807, 2.05) is 28.9 Å². The summed E-state index contributed by atoms with van der Waals surface area (Å²) in [5.74, 6) is 2.10. The number of carbonyl (C=O) groups excluding carboxylic acids is 1. The molecule has 0 aromatic carbocycles. The molecule has 6 rings (SSSR count). The summed E-state index contributed by atoms with van der Waals surface area (Å²) in [7, 11) is 0. The lowest BCUT2D eigenvalue weighted by atomic mass is 10.2. The third kappa shape index (κ3) is 4.27. The standard InChI is InChI=1S/C16H19N7O.C4H4N2OS/c24-16(5-6-16)12-10-13(20-19-12)17-14-11-4-3-9-23(11)21-15(18-14)22-7-1-2-8-22;7-3-6-4-5-1-2-8-4/h3-4,9-10,24H,1-2,5-8H2,(H2,17,18,19,20,21);1-3H,(H,5,6,7). The summed E-state index contributed by atoms with van der Waals surface area (Å²) in [6.45, 7) is 1.98. The van der Waals surface area contributed by atoms with Crippen LogP contribution in [0.1, 0.15) is 31.4 Å². The molecule has 4 aromatic heterocycles. The smallest absolute Gasteiger partial charge is 0.245 e. The van der Waals surface area contributed by atoms with Gasteiger partial charge >= 0.3 is 0 Å². The summed E-state index contributed by atoms with van der Waals surface area (Å²) in [5, 5.41) is 30.1. The summed E-state index contributed by atoms with van der Waals surface area (Å²) >= 11 is 1.39. The van der Waals surface area contributed by atoms with Crippen molar-refractivity contribution in [3.05, 3.63) is 41.7 Å². The third-order valence-electron chi connectivity index (χ3n) is 5.43. The minimum absolute atomic E-state index is 0.610. The first-order valence-corrected chi connectivity index (χ1v) is 11.3. The number of fused-ring (bicyclic) bond motifs is 1. The average molecular weight is 454 g/mol. The van der Waals surface area contributed by atoms with E-state index in [0.717, 1.165) is 48.9 Å². The molecule has 5 heterocycles. The minimum Gasteiger partial charge on any atom is -0.384 e. The Labute approximate surface area is 187 Å². The number of nitrogens with one attached hydrogen (secondary N) is 3. The molecule has 32 heavy (non-hydrogen) atoms. The molecule has 1 aliphatic carbocycles. The molecule has 11 nitrogen and oxygen atoms in total. The first-order valence-electron chi connectivity index (χ1n) is 10.4. The van der Waals surface area contributed by atoms with Crippen LogP contribution in [0.3, 0.4) is 0 Å². The van der Waals surface area contributed by atoms with Gasteiger partial charge in [-0.05, 0) is 37.8 Å². The van der Waals surface area contributed by atoms with Gasteiger partial charge in [0, 0.05) is 36.9 Å². The van der Waals surface area contributed by atoms with E-state index in [1.54, 1.807) is 11.6 Å². The average Bonchev–Trinajstić information content (AvgIpc) is 3.41. The molecule has 2 aliphatic rings. The Morgan fingerprint density at radius 3 is 2.84 bits per heavy atom. The monoisotopic (exact) mass is 453 g/mol. The maximum Gasteiger partial charge on any atom is 0.245 e. The molecule has 0 spiro atoms. The second-order valence-electron chi connectivity index (χ2n) is 7.72. The summed E-state index contributed by atoms with van der Waals surface area (Å²) in [6.07, 6.45) is 8.09. The van der Waals surface area contributed by atoms with Gasteiger partial charge in [-0.3, -0.25) is 9.89 Å². The van der Waals surface area contributed by atoms with Crippen LogP contribution in [0.25, 0.3) is 5.52 Å². The number of hydrogen-bond acceptors (Lipinski definition) is 9. The summed E-state index contributed by atoms with van der Waals surface area (Å²) in [4.78, 5) is 20.4. The Bertz CT molecular complexity index is 1190. The SMILES string of the molecule is O=CNc1nccs1.OC1(c2cc(Nc3nc(N4CCCC4)nn4cccc34)n[nH]2)CC1. The maximum absolute atomic E-state index is 10.2. The third-order valence-corrected chi connectivity index (χ3v) is 6.14. The van der Waals surface area contributed by atoms with E-state index in [4.69, 9.17) is 4.98 Å². The van der Waals surface area contributed by atoms with Gasteiger partial charge in [-0.25, -0.2) is 9.50 Å². The molecule has 1 saturated carbocycles. The number of aromatic nitrogens is 6. The number of thiazole rings is 1. The number of H-pyrrole nitrogens is 1. The van der Waals surface area contributed by atoms with Crippen LogP contribution in [0, 0.1) is 0 Å². The molecule has 2 fully saturated rings. The van der Waals surface area contributed by atoms with Crippen LogP contribution in [-0.2, 0) is 10.4 Å². The number of nitrogens with zero attached hydrogens (tertiary/aromatic N) is 6. The van der Waals surface area contributed by atoms with Crippen molar-refractivity contribution >= 4 is 46.0 Å². The van der Waals surface area contributed by atoms with E-state index >= 15 is 0 Å². The summed E-state index contributed by atoms with van der Waals surface area (Å²) in [5.41, 5.74) is 0.932. The number of hydrogen-bond donors (Lipinski definition) is 4. The highest BCUT2D eigenvalue weighted by atomic mass is 32.1. The van der Waals surface area contributed by atoms with Crippen molar-refractivity contribution in [3.8, 4) is 0 Å². The normalized spacial score (nSPS) is 16.5. The van der Waals surface area contributed by atoms with Crippen LogP contribution in [-0.4, -0.2) is 54.4 Å². The minimum atomic E-state index is -0.719. The zero-order valence-electron chi connectivity index (χ0n) is 17.2. The van der Waals surface area contributed by atoms with Crippen molar-refractivity contribution in [1.29, 1.82) is 0 Å². The highest BCUT2D eigenvalue weighted by Crippen LogP contribution is 2.44. The zero-order valence-corrected chi connectivity index (χ0v) is 18.0. The van der Waals surface area contributed by atoms with E-state index in [0.29, 0.717) is 17.4 Å². The first-order chi connectivity index (χ1) is 15.6. The van der Waals surface area contributed by atoms with Gasteiger partial charge in [-0.1, -0.05) is 0 Å². The van der Waals surface area contributed by atoms with Crippen LogP contribution in [0.2, 0.25) is 0 Å². The van der Waals surface area contributed by atoms with E-state index in [9.17, 15) is 9.90 Å². The highest BCUT2D eigenvalue weighted by Gasteiger charge is 2.43. The van der Waals surface area contributed by atoms with Crippen LogP contribution in [0.4, 0.5) is 22.7 Å². The first kappa shape index (κ1) is 20.4. The van der Waals surface area contributed by atoms with E-state index in [2.05, 4.69) is 35.8 Å². The number of rotatable bonds is 6. The van der Waals surface area contributed by atoms with Gasteiger partial charge in [-0.15, -0.1) is 16.4 Å². The largest absolute Gasteiger partial charge is 0.384 e. The summed E-state index contributed by atoms with van der Waals surface area (Å²) < 4.78 is 1.84. The maximum atomic E-state index is 10.2. The van der Waals surface area contributed by atoms with Crippen molar-refractivity contribution in [2.75, 3.05) is 28.6 Å². The number of amides is 1. The van der Waals surface area contributed by atoms with Gasteiger partial charge in [0.2, 0.25) is 12.4 Å². The second-order valence-corrected chi connectivity index (χ2v) is 8.61. The molecule has 1 saturated heterocycles. The van der Waals surface area contributed by atoms with Gasteiger partial charge in [0.15, 0.2) is 16.8 Å². The Balaban J connectivity index is 0.000000230. The molecular weight excluding hydrogens is 430 g/mol. The molecule has 0 bridgehead atoms. The molecule has 4 N–H and O–H groups in total. The molecule has 0 radical (unpaired) electrons. The number of aliphatic hydroxyl groups is 1. The molecule has 0 unspecified atom stereocenters. The molecule has 0 atom stereocenters. The van der Waals surface area contributed by atoms with Crippen LogP contribution in [0.5, 0.6) is 0 Å². The molecule has 12 heteroatoms. The van der Waals surface area contributed by atoms with Gasteiger partial charge in [0.1, 0.15) is 11.1 Å². The fourth-order valence-electron chi connectivity index (χ4n) is 3.54. The Morgan fingerprint density at radius 1 is 1.28 bits per heavy atom. The second kappa shape index (κ2) is 8.55. The molecule has 1 amide bonds. The zero-order chi connectivity index (χ0) is 22.0. The van der Waals surface area contributed by atoms with Crippen molar-refractivity contribution in [3.63, 3.8) is 0 Å². The highest BCUT2D eigenvalue weighted by molar-refractivity contribution is 7.13. The lowest BCUT2D eigenvalue weighted by Gasteiger charge is -2.16. The Hall–Kier alpha value is -3.51. The number of carbonyl (C=O) groups is 1. The van der Waals surface area contributed by atoms with E-state index in [1.165, 1.54) is 24.2 Å². The fourth-order valence-corrected chi connectivity index (χ4v) is 4.03. The van der Waals surface area contributed by atoms with Crippen molar-refractivity contribution in [2.45, 2.75) is 31.3 Å². The van der Waals surface area contributed by atoms with Gasteiger partial charge < -0.3 is 20.6 Å². The fraction of sp³-hybridized carbons (Fsp3) is 0.350. The van der Waals surface area contributed by atoms with E-state index in [-0.39, 0.29) is 0 Å². The van der Waals surface area contributed by atoms with Crippen LogP contribution >= 0.6 is 11.3 Å². The quantitative estimate of drug-likeness (QED) is 0.327. The lowest BCUT2D eigenvalue weighted by molar-refractivity contribution is -0.105. The molecule has 1 aliphatic heterocycles. The number of anilines is 4. The van der Waals surface area contributed by atoms with Crippen molar-refractivity contribution in [1.82, 2.24) is 29.8 Å². The van der Waals surface area contributed by atoms with Crippen LogP contribution in [0.15, 0.2) is 36.0 Å². The molecule has 166 valence electrons. The van der Waals surface area contributed by atoms with Gasteiger partial charge in [0.25, 0.3) is 0 Å².